The molecule has 1 fully saturated rings. The van der Waals surface area contributed by atoms with Gasteiger partial charge in [-0.2, -0.15) is 0 Å². The summed E-state index contributed by atoms with van der Waals surface area (Å²) in [6.45, 7) is 11.7. The van der Waals surface area contributed by atoms with E-state index in [9.17, 15) is 4.79 Å². The number of hydrogen-bond acceptors (Lipinski definition) is 6. The zero-order valence-corrected chi connectivity index (χ0v) is 20.8. The second-order valence-electron chi connectivity index (χ2n) is 8.10. The lowest BCUT2D eigenvalue weighted by atomic mass is 9.94. The zero-order valence-electron chi connectivity index (χ0n) is 19.2. The zero-order chi connectivity index (χ0) is 22.7. The second-order valence-corrected chi connectivity index (χ2v) is 10.3. The van der Waals surface area contributed by atoms with Crippen molar-refractivity contribution in [2.45, 2.75) is 26.8 Å². The smallest absolute Gasteiger partial charge is 0.266 e. The van der Waals surface area contributed by atoms with Crippen LogP contribution in [0.2, 0.25) is 0 Å². The van der Waals surface area contributed by atoms with Crippen LogP contribution >= 0.6 is 22.7 Å². The Morgan fingerprint density at radius 1 is 1.12 bits per heavy atom. The van der Waals surface area contributed by atoms with Gasteiger partial charge in [0, 0.05) is 36.6 Å². The van der Waals surface area contributed by atoms with Crippen molar-refractivity contribution in [2.24, 2.45) is 0 Å². The number of rotatable bonds is 7. The van der Waals surface area contributed by atoms with E-state index < -0.39 is 0 Å². The van der Waals surface area contributed by atoms with Gasteiger partial charge < -0.3 is 15.0 Å². The maximum atomic E-state index is 12.9. The standard InChI is InChI=1S/C25H31N3O2S2/c1-5-27-12-14-28(15-13-27)23(19-8-10-20(30-4)11-9-19)22-17(2)18(3)32-25(22)26-24(29)21-7-6-16-31-21/h6-11,16,23H,5,12-15H2,1-4H3,(H,26,29)/t23-/m1/s1. The fraction of sp³-hybridized carbons (Fsp3) is 0.400. The van der Waals surface area contributed by atoms with Crippen LogP contribution in [0.15, 0.2) is 41.8 Å². The summed E-state index contributed by atoms with van der Waals surface area (Å²) in [6, 6.07) is 12.3. The number of methoxy groups -OCH3 is 1. The number of aryl methyl sites for hydroxylation is 1. The Bertz CT molecular complexity index is 1040. The van der Waals surface area contributed by atoms with Gasteiger partial charge in [0.2, 0.25) is 0 Å². The molecule has 0 bridgehead atoms. The highest BCUT2D eigenvalue weighted by Crippen LogP contribution is 2.43. The molecule has 1 saturated heterocycles. The summed E-state index contributed by atoms with van der Waals surface area (Å²) in [5.41, 5.74) is 3.70. The molecule has 1 aromatic carbocycles. The lowest BCUT2D eigenvalue weighted by molar-refractivity contribution is 0.102. The number of amides is 1. The van der Waals surface area contributed by atoms with E-state index in [1.807, 2.05) is 29.6 Å². The van der Waals surface area contributed by atoms with Crippen LogP contribution in [0, 0.1) is 13.8 Å². The number of ether oxygens (including phenoxy) is 1. The third kappa shape index (κ3) is 4.76. The van der Waals surface area contributed by atoms with Crippen LogP contribution < -0.4 is 10.1 Å². The Morgan fingerprint density at radius 2 is 1.84 bits per heavy atom. The number of carbonyl (C=O) groups excluding carboxylic acids is 1. The van der Waals surface area contributed by atoms with Gasteiger partial charge in [0.25, 0.3) is 5.91 Å². The fourth-order valence-electron chi connectivity index (χ4n) is 4.32. The van der Waals surface area contributed by atoms with E-state index in [4.69, 9.17) is 4.74 Å². The monoisotopic (exact) mass is 469 g/mol. The molecule has 1 aliphatic heterocycles. The highest BCUT2D eigenvalue weighted by atomic mass is 32.1. The van der Waals surface area contributed by atoms with Gasteiger partial charge >= 0.3 is 0 Å². The average Bonchev–Trinajstić information content (AvgIpc) is 3.45. The number of carbonyl (C=O) groups is 1. The maximum Gasteiger partial charge on any atom is 0.266 e. The van der Waals surface area contributed by atoms with Crippen LogP contribution in [0.4, 0.5) is 5.00 Å². The topological polar surface area (TPSA) is 44.8 Å². The first kappa shape index (κ1) is 23.0. The highest BCUT2D eigenvalue weighted by molar-refractivity contribution is 7.17. The van der Waals surface area contributed by atoms with Crippen LogP contribution in [0.25, 0.3) is 0 Å². The molecular formula is C25H31N3O2S2. The van der Waals surface area contributed by atoms with Crippen LogP contribution in [0.1, 0.15) is 44.2 Å². The van der Waals surface area contributed by atoms with Gasteiger partial charge in [0.15, 0.2) is 0 Å². The molecule has 0 spiro atoms. The summed E-state index contributed by atoms with van der Waals surface area (Å²) in [5, 5.41) is 6.13. The molecule has 4 rings (SSSR count). The summed E-state index contributed by atoms with van der Waals surface area (Å²) in [4.78, 5) is 19.9. The number of nitrogens with zero attached hydrogens (tertiary/aromatic N) is 2. The van der Waals surface area contributed by atoms with Crippen molar-refractivity contribution in [3.05, 3.63) is 68.2 Å². The number of likely N-dealkylation sites (N-methyl/N-ethyl adjacent to an activating group) is 1. The van der Waals surface area contributed by atoms with Gasteiger partial charge in [-0.05, 0) is 55.1 Å². The molecule has 1 atom stereocenters. The molecule has 0 aliphatic carbocycles. The maximum absolute atomic E-state index is 12.9. The van der Waals surface area contributed by atoms with Crippen molar-refractivity contribution in [1.29, 1.82) is 0 Å². The van der Waals surface area contributed by atoms with Gasteiger partial charge in [-0.3, -0.25) is 9.69 Å². The van der Waals surface area contributed by atoms with Crippen molar-refractivity contribution in [1.82, 2.24) is 9.80 Å². The Balaban J connectivity index is 1.74. The SMILES string of the molecule is CCN1CCN([C@H](c2ccc(OC)cc2)c2c(NC(=O)c3cccs3)sc(C)c2C)CC1. The van der Waals surface area contributed by atoms with Crippen molar-refractivity contribution in [3.63, 3.8) is 0 Å². The Labute approximate surface area is 198 Å². The van der Waals surface area contributed by atoms with Crippen molar-refractivity contribution in [2.75, 3.05) is 45.2 Å². The number of piperazine rings is 1. The molecule has 3 heterocycles. The van der Waals surface area contributed by atoms with Crippen molar-refractivity contribution < 1.29 is 9.53 Å². The Kier molecular flexibility index (Phi) is 7.30. The molecular weight excluding hydrogens is 438 g/mol. The normalized spacial score (nSPS) is 16.1. The quantitative estimate of drug-likeness (QED) is 0.502. The van der Waals surface area contributed by atoms with Gasteiger partial charge in [0.1, 0.15) is 10.8 Å². The Morgan fingerprint density at radius 3 is 2.44 bits per heavy atom. The predicted molar refractivity (Wildman–Crippen MR) is 135 cm³/mol. The molecule has 1 aliphatic rings. The molecule has 0 unspecified atom stereocenters. The summed E-state index contributed by atoms with van der Waals surface area (Å²) < 4.78 is 5.40. The van der Waals surface area contributed by atoms with E-state index in [0.717, 1.165) is 48.4 Å². The molecule has 2 aromatic heterocycles. The summed E-state index contributed by atoms with van der Waals surface area (Å²) >= 11 is 3.15. The fourth-order valence-corrected chi connectivity index (χ4v) is 6.03. The molecule has 1 N–H and O–H groups in total. The first-order valence-corrected chi connectivity index (χ1v) is 12.8. The molecule has 0 saturated carbocycles. The summed E-state index contributed by atoms with van der Waals surface area (Å²) in [6.07, 6.45) is 0. The van der Waals surface area contributed by atoms with Gasteiger partial charge in [-0.25, -0.2) is 0 Å². The van der Waals surface area contributed by atoms with Crippen LogP contribution in [-0.2, 0) is 0 Å². The van der Waals surface area contributed by atoms with Gasteiger partial charge in [-0.1, -0.05) is 25.1 Å². The number of anilines is 1. The number of nitrogens with one attached hydrogen (secondary N) is 1. The number of thiophene rings is 2. The van der Waals surface area contributed by atoms with Gasteiger partial charge in [0.05, 0.1) is 18.0 Å². The van der Waals surface area contributed by atoms with E-state index in [1.54, 1.807) is 18.4 Å². The lowest BCUT2D eigenvalue weighted by Crippen LogP contribution is -2.47. The third-order valence-corrected chi connectivity index (χ3v) is 8.34. The highest BCUT2D eigenvalue weighted by Gasteiger charge is 2.31. The minimum Gasteiger partial charge on any atom is -0.497 e. The van der Waals surface area contributed by atoms with Crippen LogP contribution in [0.3, 0.4) is 0 Å². The lowest BCUT2D eigenvalue weighted by Gasteiger charge is -2.39. The summed E-state index contributed by atoms with van der Waals surface area (Å²) in [5.74, 6) is 0.819. The molecule has 0 radical (unpaired) electrons. The van der Waals surface area contributed by atoms with E-state index in [0.29, 0.717) is 0 Å². The first-order valence-electron chi connectivity index (χ1n) is 11.1. The molecule has 1 amide bonds. The summed E-state index contributed by atoms with van der Waals surface area (Å²) in [7, 11) is 1.70. The molecule has 170 valence electrons. The van der Waals surface area contributed by atoms with Gasteiger partial charge in [-0.15, -0.1) is 22.7 Å². The van der Waals surface area contributed by atoms with E-state index >= 15 is 0 Å². The van der Waals surface area contributed by atoms with Crippen molar-refractivity contribution >= 4 is 33.6 Å². The number of hydrogen-bond donors (Lipinski definition) is 1. The second kappa shape index (κ2) is 10.2. The first-order chi connectivity index (χ1) is 15.5. The van der Waals surface area contributed by atoms with Crippen LogP contribution in [0.5, 0.6) is 5.75 Å². The van der Waals surface area contributed by atoms with E-state index in [1.165, 1.54) is 32.9 Å². The predicted octanol–water partition coefficient (Wildman–Crippen LogP) is 5.41. The minimum absolute atomic E-state index is 0.0354. The van der Waals surface area contributed by atoms with E-state index in [2.05, 4.69) is 48.0 Å². The largest absolute Gasteiger partial charge is 0.497 e. The molecule has 3 aromatic rings. The molecule has 5 nitrogen and oxygen atoms in total. The van der Waals surface area contributed by atoms with Crippen molar-refractivity contribution in [3.8, 4) is 5.75 Å². The molecule has 32 heavy (non-hydrogen) atoms. The average molecular weight is 470 g/mol. The van der Waals surface area contributed by atoms with Crippen LogP contribution in [-0.4, -0.2) is 55.5 Å². The number of benzene rings is 1. The molecule has 7 heteroatoms. The van der Waals surface area contributed by atoms with E-state index in [-0.39, 0.29) is 11.9 Å². The Hall–Kier alpha value is -2.19. The third-order valence-electron chi connectivity index (χ3n) is 6.33. The minimum atomic E-state index is -0.0354.